The Morgan fingerprint density at radius 1 is 1.09 bits per heavy atom. The number of ether oxygens (including phenoxy) is 3. The average molecular weight is 971 g/mol. The van der Waals surface area contributed by atoms with Gasteiger partial charge in [0.25, 0.3) is 21.6 Å². The van der Waals surface area contributed by atoms with Gasteiger partial charge in [-0.3, -0.25) is 14.9 Å². The molecule has 0 radical (unpaired) electrons. The Morgan fingerprint density at radius 3 is 2.53 bits per heavy atom. The molecule has 3 aromatic carbocycles. The van der Waals surface area contributed by atoms with Crippen LogP contribution in [0.4, 0.5) is 15.8 Å². The number of aromatic nitrogens is 2. The van der Waals surface area contributed by atoms with Crippen molar-refractivity contribution in [2.45, 2.75) is 118 Å². The molecule has 18 heteroatoms. The fourth-order valence-corrected chi connectivity index (χ4v) is 12.9. The number of nitro benzene ring substituents is 1. The van der Waals surface area contributed by atoms with Gasteiger partial charge in [-0.15, -0.1) is 11.8 Å². The molecule has 2 aliphatic heterocycles. The van der Waals surface area contributed by atoms with Crippen molar-refractivity contribution >= 4 is 50.1 Å². The lowest BCUT2D eigenvalue weighted by Crippen LogP contribution is -2.54. The second-order valence-electron chi connectivity index (χ2n) is 19.5. The van der Waals surface area contributed by atoms with E-state index in [4.69, 9.17) is 14.2 Å². The number of hydrogen-bond donors (Lipinski definition) is 4. The molecule has 2 aliphatic carbocycles. The van der Waals surface area contributed by atoms with Crippen molar-refractivity contribution in [2.75, 3.05) is 37.8 Å². The quantitative estimate of drug-likeness (QED) is 0.0572. The highest BCUT2D eigenvalue weighted by molar-refractivity contribution is 8.00. The zero-order valence-electron chi connectivity index (χ0n) is 38.8. The monoisotopic (exact) mass is 970 g/mol. The standard InChI is InChI=1S/C50H59FN6O9S2/c1-5-64-28-41(37-9-7-6-8-36(37)30(2)3)54-32-24-50(25-32)16-18-56(19-17-50)33-10-11-38(43(20-33)66-34-21-39-40(51)27-53-47(39)52-26-34)48(58)55-68(62,63)35-22-42(57(60)61)46-44(23-35)65-29-45(67-46)31-12-14-49(4,59)15-13-31/h6-11,20-23,26-27,30-32,41,45,54,59H,5,12-19,24-25,28-29H2,1-4H3,(H,52,53)(H,55,58)/t31?,41-,45-,49?/m1/s1. The number of fused-ring (bicyclic) bond motifs is 2. The number of aliphatic hydroxyl groups is 1. The zero-order chi connectivity index (χ0) is 48.0. The van der Waals surface area contributed by atoms with E-state index in [-0.39, 0.29) is 62.3 Å². The van der Waals surface area contributed by atoms with E-state index in [2.05, 4.69) is 63.0 Å². The average Bonchev–Trinajstić information content (AvgIpc) is 3.68. The smallest absolute Gasteiger partial charge is 0.288 e. The van der Waals surface area contributed by atoms with Gasteiger partial charge in [0.05, 0.1) is 45.2 Å². The van der Waals surface area contributed by atoms with Crippen LogP contribution in [0.1, 0.15) is 113 Å². The number of rotatable bonds is 15. The predicted molar refractivity (Wildman–Crippen MR) is 258 cm³/mol. The first-order chi connectivity index (χ1) is 32.5. The molecule has 0 bridgehead atoms. The van der Waals surface area contributed by atoms with E-state index in [1.54, 1.807) is 12.1 Å². The molecule has 0 unspecified atom stereocenters. The topological polar surface area (TPSA) is 198 Å². The molecule has 1 saturated heterocycles. The van der Waals surface area contributed by atoms with Crippen molar-refractivity contribution in [3.8, 4) is 17.2 Å². The van der Waals surface area contributed by atoms with Crippen molar-refractivity contribution in [2.24, 2.45) is 11.3 Å². The number of sulfonamides is 1. The lowest BCUT2D eigenvalue weighted by molar-refractivity contribution is -0.388. The van der Waals surface area contributed by atoms with Gasteiger partial charge in [-0.1, -0.05) is 38.1 Å². The molecule has 1 spiro atoms. The number of thioether (sulfide) groups is 1. The summed E-state index contributed by atoms with van der Waals surface area (Å²) in [6.07, 6.45) is 9.24. The maximum atomic E-state index is 14.7. The van der Waals surface area contributed by atoms with E-state index in [9.17, 15) is 32.8 Å². The SMILES string of the molecule is CCOC[C@@H](NC1CC2(CCN(c3ccc(C(=O)NS(=O)(=O)c4cc5c(c([N+](=O)[O-])c4)S[C@@H](C4CCC(C)(O)CC4)CO5)c(Oc4cnc5[nH]cc(F)c5c4)c3)CC2)C1)c1ccccc1C(C)C. The highest BCUT2D eigenvalue weighted by atomic mass is 32.2. The number of amides is 1. The Balaban J connectivity index is 0.917. The van der Waals surface area contributed by atoms with Gasteiger partial charge in [-0.25, -0.2) is 22.5 Å². The van der Waals surface area contributed by atoms with Crippen molar-refractivity contribution in [3.05, 3.63) is 106 Å². The molecule has 68 heavy (non-hydrogen) atoms. The third-order valence-electron chi connectivity index (χ3n) is 14.4. The van der Waals surface area contributed by atoms with Gasteiger partial charge < -0.3 is 34.5 Å². The lowest BCUT2D eigenvalue weighted by atomic mass is 9.60. The highest BCUT2D eigenvalue weighted by Crippen LogP contribution is 2.51. The molecular formula is C50H59FN6O9S2. The van der Waals surface area contributed by atoms with Crippen molar-refractivity contribution < 1.29 is 41.8 Å². The Labute approximate surface area is 400 Å². The maximum Gasteiger partial charge on any atom is 0.288 e. The van der Waals surface area contributed by atoms with Crippen molar-refractivity contribution in [3.63, 3.8) is 0 Å². The molecule has 4 heterocycles. The van der Waals surface area contributed by atoms with Gasteiger partial charge >= 0.3 is 0 Å². The number of nitrogens with zero attached hydrogens (tertiary/aromatic N) is 3. The molecule has 15 nitrogen and oxygen atoms in total. The molecule has 9 rings (SSSR count). The number of piperidine rings is 1. The number of hydrogen-bond acceptors (Lipinski definition) is 13. The second kappa shape index (κ2) is 19.3. The van der Waals surface area contributed by atoms with Crippen LogP contribution >= 0.6 is 11.8 Å². The molecule has 2 aromatic heterocycles. The van der Waals surface area contributed by atoms with Gasteiger partial charge in [-0.05, 0) is 112 Å². The van der Waals surface area contributed by atoms with Crippen LogP contribution in [0.5, 0.6) is 17.2 Å². The molecule has 4 N–H and O–H groups in total. The molecule has 4 aliphatic rings. The second-order valence-corrected chi connectivity index (χ2v) is 22.4. The third kappa shape index (κ3) is 10.1. The fourth-order valence-electron chi connectivity index (χ4n) is 10.5. The summed E-state index contributed by atoms with van der Waals surface area (Å²) < 4.78 is 62.9. The van der Waals surface area contributed by atoms with E-state index < -0.39 is 42.9 Å². The molecule has 1 amide bonds. The van der Waals surface area contributed by atoms with E-state index >= 15 is 0 Å². The van der Waals surface area contributed by atoms with Crippen molar-refractivity contribution in [1.82, 2.24) is 20.0 Å². The van der Waals surface area contributed by atoms with Gasteiger partial charge in [0.1, 0.15) is 40.2 Å². The third-order valence-corrected chi connectivity index (χ3v) is 17.2. The first-order valence-corrected chi connectivity index (χ1v) is 25.9. The number of halogens is 1. The number of benzene rings is 3. The summed E-state index contributed by atoms with van der Waals surface area (Å²) >= 11 is 1.29. The molecule has 2 saturated carbocycles. The number of pyridine rings is 1. The van der Waals surface area contributed by atoms with E-state index in [0.717, 1.165) is 63.4 Å². The summed E-state index contributed by atoms with van der Waals surface area (Å²) in [6, 6.07) is 17.5. The molecular weight excluding hydrogens is 912 g/mol. The minimum Gasteiger partial charge on any atom is -0.491 e. The van der Waals surface area contributed by atoms with Gasteiger partial charge in [0, 0.05) is 61.1 Å². The number of carbonyl (C=O) groups excluding carboxylic acids is 1. The fraction of sp³-hybridized carbons (Fsp3) is 0.480. The normalized spacial score (nSPS) is 22.1. The van der Waals surface area contributed by atoms with Gasteiger partial charge in [-0.2, -0.15) is 0 Å². The van der Waals surface area contributed by atoms with Crippen LogP contribution in [0.15, 0.2) is 82.8 Å². The number of nitro groups is 1. The van der Waals surface area contributed by atoms with Crippen LogP contribution in [0.25, 0.3) is 11.0 Å². The van der Waals surface area contributed by atoms with E-state index in [1.807, 2.05) is 13.8 Å². The molecule has 3 fully saturated rings. The maximum absolute atomic E-state index is 14.7. The molecule has 2 atom stereocenters. The van der Waals surface area contributed by atoms with Crippen molar-refractivity contribution in [1.29, 1.82) is 0 Å². The first-order valence-electron chi connectivity index (χ1n) is 23.5. The Kier molecular flexibility index (Phi) is 13.5. The Morgan fingerprint density at radius 2 is 1.82 bits per heavy atom. The summed E-state index contributed by atoms with van der Waals surface area (Å²) in [5.74, 6) is -0.869. The highest BCUT2D eigenvalue weighted by Gasteiger charge is 2.47. The van der Waals surface area contributed by atoms with Gasteiger partial charge in [0.15, 0.2) is 0 Å². The van der Waals surface area contributed by atoms with Crippen LogP contribution in [-0.2, 0) is 14.8 Å². The summed E-state index contributed by atoms with van der Waals surface area (Å²) in [5.41, 5.74) is 2.52. The van der Waals surface area contributed by atoms with E-state index in [1.165, 1.54) is 53.5 Å². The van der Waals surface area contributed by atoms with Crippen LogP contribution < -0.4 is 24.4 Å². The first kappa shape index (κ1) is 47.8. The summed E-state index contributed by atoms with van der Waals surface area (Å²) in [7, 11) is -4.71. The van der Waals surface area contributed by atoms with Crippen LogP contribution in [-0.4, -0.2) is 84.1 Å². The minimum absolute atomic E-state index is 0.00827. The predicted octanol–water partition coefficient (Wildman–Crippen LogP) is 9.56. The Bertz CT molecular complexity index is 2790. The number of nitrogens with one attached hydrogen (secondary N) is 3. The zero-order valence-corrected chi connectivity index (χ0v) is 40.4. The molecule has 5 aromatic rings. The largest absolute Gasteiger partial charge is 0.491 e. The summed E-state index contributed by atoms with van der Waals surface area (Å²) in [6.45, 7) is 11.2. The van der Waals surface area contributed by atoms with E-state index in [0.29, 0.717) is 43.7 Å². The summed E-state index contributed by atoms with van der Waals surface area (Å²) in [5, 5.41) is 26.8. The molecule has 362 valence electrons. The Hall–Kier alpha value is -5.27. The number of carbonyl (C=O) groups is 1. The lowest BCUT2D eigenvalue weighted by Gasteiger charge is -2.53. The summed E-state index contributed by atoms with van der Waals surface area (Å²) in [4.78, 5) is 34.8. The van der Waals surface area contributed by atoms with Crippen LogP contribution in [0, 0.1) is 27.3 Å². The number of H-pyrrole nitrogens is 1. The van der Waals surface area contributed by atoms with Gasteiger partial charge in [0.2, 0.25) is 0 Å². The minimum atomic E-state index is -4.71. The van der Waals surface area contributed by atoms with Crippen LogP contribution in [0.3, 0.4) is 0 Å². The number of aromatic amines is 1. The van der Waals surface area contributed by atoms with Crippen LogP contribution in [0.2, 0.25) is 0 Å². The number of anilines is 1.